The Morgan fingerprint density at radius 2 is 2.07 bits per heavy atom. The number of carbonyl (C=O) groups is 1. The molecule has 1 unspecified atom stereocenters. The van der Waals surface area contributed by atoms with Crippen LogP contribution in [0.4, 0.5) is 0 Å². The summed E-state index contributed by atoms with van der Waals surface area (Å²) in [7, 11) is 1.53. The molecule has 0 aliphatic carbocycles. The molecule has 1 atom stereocenters. The molecule has 1 radical (unpaired) electrons. The Morgan fingerprint density at radius 3 is 2.36 bits per heavy atom. The van der Waals surface area contributed by atoms with E-state index in [9.17, 15) is 9.59 Å². The van der Waals surface area contributed by atoms with Crippen LogP contribution in [0, 0.1) is 13.3 Å². The Kier molecular flexibility index (Phi) is 14.5. The molecule has 81 valence electrons. The molecule has 0 rings (SSSR count). The van der Waals surface area contributed by atoms with Gasteiger partial charge in [0.25, 0.3) is 0 Å². The molecular weight excluding hydrogens is 221 g/mol. The van der Waals surface area contributed by atoms with Crippen LogP contribution in [-0.4, -0.2) is 36.0 Å². The van der Waals surface area contributed by atoms with Crippen LogP contribution in [-0.2, 0) is 28.1 Å². The predicted octanol–water partition coefficient (Wildman–Crippen LogP) is 0.934. The number of aliphatic carboxylic acids is 1. The van der Waals surface area contributed by atoms with Gasteiger partial charge < -0.3 is 22.2 Å². The normalized spacial score (nSPS) is 10.4. The standard InChI is InChI=1S/C8H14NO3.CH3.V/c1-3-4-7(8(11)12)5-9(2)6-10;;/h7H,3-5H2,1-2H3,(H,11,12);1H3;/q2*-1;+2. The maximum absolute atomic E-state index is 10.6. The van der Waals surface area contributed by atoms with Crippen molar-refractivity contribution in [3.8, 4) is 0 Å². The summed E-state index contributed by atoms with van der Waals surface area (Å²) in [6, 6.07) is 0. The third kappa shape index (κ3) is 8.14. The van der Waals surface area contributed by atoms with E-state index in [2.05, 4.69) is 0 Å². The molecule has 0 saturated carbocycles. The van der Waals surface area contributed by atoms with E-state index in [1.807, 2.05) is 6.92 Å². The molecule has 0 aromatic carbocycles. The molecule has 0 aliphatic rings. The van der Waals surface area contributed by atoms with E-state index in [1.165, 1.54) is 11.9 Å². The molecule has 5 heteroatoms. The van der Waals surface area contributed by atoms with Crippen molar-refractivity contribution in [2.45, 2.75) is 19.8 Å². The number of hydrogen-bond acceptors (Lipinski definition) is 2. The Morgan fingerprint density at radius 1 is 1.57 bits per heavy atom. The first-order valence-corrected chi connectivity index (χ1v) is 3.93. The van der Waals surface area contributed by atoms with Crippen molar-refractivity contribution in [1.82, 2.24) is 4.90 Å². The van der Waals surface area contributed by atoms with Crippen LogP contribution in [0.2, 0.25) is 0 Å². The Balaban J connectivity index is -0.000000605. The molecule has 0 fully saturated rings. The molecule has 0 saturated heterocycles. The van der Waals surface area contributed by atoms with Crippen LogP contribution < -0.4 is 0 Å². The van der Waals surface area contributed by atoms with Crippen molar-refractivity contribution in [2.24, 2.45) is 5.92 Å². The van der Waals surface area contributed by atoms with E-state index in [0.717, 1.165) is 6.42 Å². The van der Waals surface area contributed by atoms with Crippen molar-refractivity contribution in [3.05, 3.63) is 7.43 Å². The van der Waals surface area contributed by atoms with Gasteiger partial charge in [-0.2, -0.15) is 6.41 Å². The van der Waals surface area contributed by atoms with Crippen LogP contribution in [0.3, 0.4) is 0 Å². The fourth-order valence-corrected chi connectivity index (χ4v) is 1.01. The number of amides is 1. The Bertz CT molecular complexity index is 164. The van der Waals surface area contributed by atoms with Gasteiger partial charge in [-0.05, 0) is 13.5 Å². The van der Waals surface area contributed by atoms with Crippen molar-refractivity contribution in [1.29, 1.82) is 0 Å². The van der Waals surface area contributed by atoms with Gasteiger partial charge in [0.2, 0.25) is 0 Å². The summed E-state index contributed by atoms with van der Waals surface area (Å²) in [5.41, 5.74) is 0. The number of carboxylic acids is 1. The zero-order chi connectivity index (χ0) is 9.56. The maximum Gasteiger partial charge on any atom is 2.00 e. The average Bonchev–Trinajstić information content (AvgIpc) is 2.03. The second-order valence-electron chi connectivity index (χ2n) is 2.80. The molecule has 0 heterocycles. The molecule has 0 spiro atoms. The molecule has 0 aromatic heterocycles. The SMILES string of the molecule is CCCC(CN(C)[C-]=O)C(=O)O.[CH3-].[V+2]. The van der Waals surface area contributed by atoms with Gasteiger partial charge in [0.1, 0.15) is 0 Å². The van der Waals surface area contributed by atoms with Crippen LogP contribution in [0.5, 0.6) is 0 Å². The van der Waals surface area contributed by atoms with Crippen LogP contribution >= 0.6 is 0 Å². The average molecular weight is 238 g/mol. The molecule has 0 bridgehead atoms. The van der Waals surface area contributed by atoms with E-state index < -0.39 is 11.9 Å². The molecule has 14 heavy (non-hydrogen) atoms. The Hall–Kier alpha value is -0.476. The minimum absolute atomic E-state index is 0. The van der Waals surface area contributed by atoms with Crippen LogP contribution in [0.15, 0.2) is 0 Å². The van der Waals surface area contributed by atoms with Gasteiger partial charge in [-0.1, -0.05) is 13.3 Å². The van der Waals surface area contributed by atoms with Gasteiger partial charge in [-0.3, -0.25) is 4.79 Å². The van der Waals surface area contributed by atoms with E-state index >= 15 is 0 Å². The summed E-state index contributed by atoms with van der Waals surface area (Å²) in [5, 5.41) is 8.69. The summed E-state index contributed by atoms with van der Waals surface area (Å²) in [6.07, 6.45) is 3.04. The molecule has 4 nitrogen and oxygen atoms in total. The third-order valence-corrected chi connectivity index (χ3v) is 1.64. The first-order valence-electron chi connectivity index (χ1n) is 3.93. The van der Waals surface area contributed by atoms with E-state index in [1.54, 1.807) is 6.41 Å². The largest absolute Gasteiger partial charge is 2.00 e. The molecule has 1 N–H and O–H groups in total. The second-order valence-corrected chi connectivity index (χ2v) is 2.80. The van der Waals surface area contributed by atoms with Gasteiger partial charge in [-0.15, -0.1) is 0 Å². The quantitative estimate of drug-likeness (QED) is 0.553. The van der Waals surface area contributed by atoms with Crippen molar-refractivity contribution >= 4 is 12.4 Å². The second kappa shape index (κ2) is 10.6. The number of rotatable bonds is 6. The summed E-state index contributed by atoms with van der Waals surface area (Å²) in [4.78, 5) is 21.9. The maximum atomic E-state index is 10.6. The fraction of sp³-hybridized carbons (Fsp3) is 0.667. The van der Waals surface area contributed by atoms with Gasteiger partial charge in [0.15, 0.2) is 0 Å². The summed E-state index contributed by atoms with van der Waals surface area (Å²) >= 11 is 0. The van der Waals surface area contributed by atoms with Crippen molar-refractivity contribution < 1.29 is 33.3 Å². The van der Waals surface area contributed by atoms with E-state index in [-0.39, 0.29) is 32.5 Å². The van der Waals surface area contributed by atoms with Gasteiger partial charge in [0, 0.05) is 6.54 Å². The summed E-state index contributed by atoms with van der Waals surface area (Å²) in [6.45, 7) is 2.16. The van der Waals surface area contributed by atoms with E-state index in [4.69, 9.17) is 5.11 Å². The minimum atomic E-state index is -0.848. The van der Waals surface area contributed by atoms with Crippen LogP contribution in [0.1, 0.15) is 19.8 Å². The molecule has 0 aliphatic heterocycles. The predicted molar refractivity (Wildman–Crippen MR) is 50.8 cm³/mol. The number of carboxylic acid groups (broad SMARTS) is 1. The number of nitrogens with zero attached hydrogens (tertiary/aromatic N) is 1. The monoisotopic (exact) mass is 238 g/mol. The minimum Gasteiger partial charge on any atom is -0.520 e. The van der Waals surface area contributed by atoms with Gasteiger partial charge in [0.05, 0.1) is 5.92 Å². The zero-order valence-corrected chi connectivity index (χ0v) is 10.3. The first kappa shape index (κ1) is 19.2. The molecular formula is C9H17NO3V. The number of hydrogen-bond donors (Lipinski definition) is 1. The topological polar surface area (TPSA) is 57.6 Å². The fourth-order valence-electron chi connectivity index (χ4n) is 1.01. The summed E-state index contributed by atoms with van der Waals surface area (Å²) in [5.74, 6) is -1.31. The Labute approximate surface area is 97.5 Å². The van der Waals surface area contributed by atoms with Gasteiger partial charge >= 0.3 is 24.5 Å². The molecule has 0 aromatic rings. The van der Waals surface area contributed by atoms with E-state index in [0.29, 0.717) is 6.42 Å². The molecule has 1 amide bonds. The van der Waals surface area contributed by atoms with Crippen molar-refractivity contribution in [2.75, 3.05) is 13.6 Å². The third-order valence-electron chi connectivity index (χ3n) is 1.64. The summed E-state index contributed by atoms with van der Waals surface area (Å²) < 4.78 is 0. The van der Waals surface area contributed by atoms with Crippen molar-refractivity contribution in [3.63, 3.8) is 0 Å². The van der Waals surface area contributed by atoms with Crippen LogP contribution in [0.25, 0.3) is 0 Å². The smallest absolute Gasteiger partial charge is 0.520 e. The zero-order valence-electron chi connectivity index (χ0n) is 8.86. The first-order chi connectivity index (χ1) is 5.61. The van der Waals surface area contributed by atoms with Gasteiger partial charge in [-0.25, -0.2) is 0 Å². The number of carbonyl (C=O) groups excluding carboxylic acids is 1.